The standard InChI is InChI=1S/C69H57N9/c1-43(2)46-22-19-25-49(40-46)67-70-55-31-10-16-37-61(55)76(67)58-34-13-7-28-52(58)64-73-65(53-29-8-14-35-59(53)77-62-38-17-11-32-56(62)71-68(77)50-26-20-23-47(41-50)44(3)4)75-66(74-64)54-30-9-15-36-60(54)78-63-39-18-12-33-57(63)72-69(78)51-27-21-24-48(42-51)45(5)6/h7-45H,1-6H3. The van der Waals surface area contributed by atoms with Crippen molar-refractivity contribution in [3.05, 3.63) is 235 Å². The van der Waals surface area contributed by atoms with Gasteiger partial charge in [-0.15, -0.1) is 0 Å². The molecule has 0 saturated heterocycles. The van der Waals surface area contributed by atoms with Gasteiger partial charge in [-0.25, -0.2) is 29.9 Å². The minimum absolute atomic E-state index is 0.339. The maximum absolute atomic E-state index is 5.60. The highest BCUT2D eigenvalue weighted by Crippen LogP contribution is 2.40. The largest absolute Gasteiger partial charge is 0.292 e. The predicted octanol–water partition coefficient (Wildman–Crippen LogP) is 17.3. The molecule has 0 spiro atoms. The van der Waals surface area contributed by atoms with E-state index >= 15 is 0 Å². The third-order valence-corrected chi connectivity index (χ3v) is 14.9. The van der Waals surface area contributed by atoms with E-state index in [2.05, 4.69) is 255 Å². The first-order chi connectivity index (χ1) is 38.2. The molecule has 9 heteroatoms. The summed E-state index contributed by atoms with van der Waals surface area (Å²) < 4.78 is 6.79. The minimum Gasteiger partial charge on any atom is -0.292 e. The van der Waals surface area contributed by atoms with Crippen molar-refractivity contribution in [1.29, 1.82) is 0 Å². The second-order valence-corrected chi connectivity index (χ2v) is 21.0. The lowest BCUT2D eigenvalue weighted by molar-refractivity contribution is 0.866. The highest BCUT2D eigenvalue weighted by atomic mass is 15.1. The van der Waals surface area contributed by atoms with Crippen LogP contribution in [0.4, 0.5) is 0 Å². The molecule has 0 bridgehead atoms. The van der Waals surface area contributed by atoms with Crippen molar-refractivity contribution in [2.75, 3.05) is 0 Å². The molecule has 9 nitrogen and oxygen atoms in total. The molecule has 378 valence electrons. The summed E-state index contributed by atoms with van der Waals surface area (Å²) in [6, 6.07) is 76.4. The van der Waals surface area contributed by atoms with Crippen LogP contribution in [-0.2, 0) is 0 Å². The van der Waals surface area contributed by atoms with Crippen molar-refractivity contribution in [2.45, 2.75) is 59.3 Å². The van der Waals surface area contributed by atoms with Crippen LogP contribution in [0.1, 0.15) is 76.0 Å². The molecular weight excluding hydrogens is 955 g/mol. The number of rotatable bonds is 12. The van der Waals surface area contributed by atoms with Crippen LogP contribution < -0.4 is 0 Å². The Morgan fingerprint density at radius 3 is 0.833 bits per heavy atom. The van der Waals surface area contributed by atoms with E-state index in [0.717, 1.165) is 101 Å². The van der Waals surface area contributed by atoms with E-state index in [1.54, 1.807) is 0 Å². The van der Waals surface area contributed by atoms with E-state index in [1.807, 2.05) is 18.2 Å². The van der Waals surface area contributed by atoms with Gasteiger partial charge in [-0.05, 0) is 125 Å². The Hall–Kier alpha value is -9.60. The van der Waals surface area contributed by atoms with Gasteiger partial charge in [-0.2, -0.15) is 0 Å². The lowest BCUT2D eigenvalue weighted by atomic mass is 10.0. The van der Waals surface area contributed by atoms with Crippen molar-refractivity contribution in [3.63, 3.8) is 0 Å². The van der Waals surface area contributed by atoms with Crippen molar-refractivity contribution in [3.8, 4) is 85.4 Å². The number of aromatic nitrogens is 9. The van der Waals surface area contributed by atoms with Gasteiger partial charge < -0.3 is 0 Å². The summed E-state index contributed by atoms with van der Waals surface area (Å²) in [6.45, 7) is 13.4. The topological polar surface area (TPSA) is 92.1 Å². The summed E-state index contributed by atoms with van der Waals surface area (Å²) in [6.07, 6.45) is 0. The van der Waals surface area contributed by atoms with Gasteiger partial charge in [0.05, 0.1) is 50.2 Å². The van der Waals surface area contributed by atoms with Crippen LogP contribution in [0.3, 0.4) is 0 Å². The monoisotopic (exact) mass is 1010 g/mol. The maximum Gasteiger partial charge on any atom is 0.166 e. The molecule has 0 unspecified atom stereocenters. The summed E-state index contributed by atoms with van der Waals surface area (Å²) in [5.74, 6) is 5.04. The van der Waals surface area contributed by atoms with Crippen LogP contribution in [0.25, 0.3) is 118 Å². The summed E-state index contributed by atoms with van der Waals surface area (Å²) in [5.41, 5.74) is 17.5. The lowest BCUT2D eigenvalue weighted by Crippen LogP contribution is -2.08. The summed E-state index contributed by atoms with van der Waals surface area (Å²) >= 11 is 0. The zero-order chi connectivity index (χ0) is 53.0. The Kier molecular flexibility index (Phi) is 12.2. The van der Waals surface area contributed by atoms with E-state index in [4.69, 9.17) is 29.9 Å². The van der Waals surface area contributed by atoms with Crippen LogP contribution in [0.15, 0.2) is 218 Å². The molecule has 13 rings (SSSR count). The lowest BCUT2D eigenvalue weighted by Gasteiger charge is -2.18. The highest BCUT2D eigenvalue weighted by Gasteiger charge is 2.26. The van der Waals surface area contributed by atoms with E-state index in [-0.39, 0.29) is 0 Å². The van der Waals surface area contributed by atoms with Gasteiger partial charge in [0.15, 0.2) is 17.5 Å². The van der Waals surface area contributed by atoms with Crippen LogP contribution >= 0.6 is 0 Å². The van der Waals surface area contributed by atoms with E-state index in [9.17, 15) is 0 Å². The quantitative estimate of drug-likeness (QED) is 0.121. The first-order valence-corrected chi connectivity index (χ1v) is 27.0. The van der Waals surface area contributed by atoms with Crippen LogP contribution in [-0.4, -0.2) is 43.6 Å². The molecule has 0 N–H and O–H groups in total. The third kappa shape index (κ3) is 8.54. The van der Waals surface area contributed by atoms with Gasteiger partial charge in [0.2, 0.25) is 0 Å². The average molecular weight is 1010 g/mol. The molecule has 0 atom stereocenters. The fourth-order valence-electron chi connectivity index (χ4n) is 10.8. The Labute approximate surface area is 454 Å². The molecule has 78 heavy (non-hydrogen) atoms. The molecule has 0 aliphatic rings. The van der Waals surface area contributed by atoms with Crippen LogP contribution in [0.2, 0.25) is 0 Å². The molecule has 0 radical (unpaired) electrons. The van der Waals surface area contributed by atoms with Crippen molar-refractivity contribution >= 4 is 33.1 Å². The number of nitrogens with zero attached hydrogens (tertiary/aromatic N) is 9. The molecule has 0 saturated carbocycles. The summed E-state index contributed by atoms with van der Waals surface area (Å²) in [4.78, 5) is 32.8. The average Bonchev–Trinajstić information content (AvgIpc) is 4.36. The van der Waals surface area contributed by atoms with Crippen molar-refractivity contribution < 1.29 is 0 Å². The zero-order valence-corrected chi connectivity index (χ0v) is 44.5. The van der Waals surface area contributed by atoms with Crippen LogP contribution in [0.5, 0.6) is 0 Å². The molecule has 0 fully saturated rings. The first kappa shape index (κ1) is 48.1. The molecule has 4 heterocycles. The fraction of sp³-hybridized carbons (Fsp3) is 0.130. The third-order valence-electron chi connectivity index (χ3n) is 14.9. The predicted molar refractivity (Wildman–Crippen MR) is 319 cm³/mol. The number of fused-ring (bicyclic) bond motifs is 3. The minimum atomic E-state index is 0.339. The second kappa shape index (κ2) is 19.8. The van der Waals surface area contributed by atoms with Crippen molar-refractivity contribution in [2.24, 2.45) is 0 Å². The molecular formula is C69H57N9. The number of hydrogen-bond acceptors (Lipinski definition) is 6. The fourth-order valence-corrected chi connectivity index (χ4v) is 10.8. The normalized spacial score (nSPS) is 11.8. The summed E-state index contributed by atoms with van der Waals surface area (Å²) in [5, 5.41) is 0. The first-order valence-electron chi connectivity index (χ1n) is 27.0. The van der Waals surface area contributed by atoms with Gasteiger partial charge in [0.25, 0.3) is 0 Å². The number of imidazole rings is 3. The molecule has 4 aromatic heterocycles. The molecule has 0 amide bonds. The van der Waals surface area contributed by atoms with Gasteiger partial charge in [-0.1, -0.05) is 169 Å². The van der Waals surface area contributed by atoms with Crippen LogP contribution in [0, 0.1) is 0 Å². The Morgan fingerprint density at radius 2 is 0.538 bits per heavy atom. The molecule has 0 aliphatic carbocycles. The second-order valence-electron chi connectivity index (χ2n) is 21.0. The number of para-hydroxylation sites is 9. The molecule has 13 aromatic rings. The van der Waals surface area contributed by atoms with E-state index < -0.39 is 0 Å². The molecule has 9 aromatic carbocycles. The van der Waals surface area contributed by atoms with E-state index in [1.165, 1.54) is 16.7 Å². The van der Waals surface area contributed by atoms with Gasteiger partial charge in [0, 0.05) is 33.4 Å². The van der Waals surface area contributed by atoms with E-state index in [0.29, 0.717) is 35.2 Å². The Bertz CT molecular complexity index is 3940. The van der Waals surface area contributed by atoms with Crippen molar-refractivity contribution in [1.82, 2.24) is 43.6 Å². The molecule has 0 aliphatic heterocycles. The summed E-state index contributed by atoms with van der Waals surface area (Å²) in [7, 11) is 0. The number of benzene rings is 9. The number of hydrogen-bond donors (Lipinski definition) is 0. The van der Waals surface area contributed by atoms with Gasteiger partial charge >= 0.3 is 0 Å². The van der Waals surface area contributed by atoms with Gasteiger partial charge in [-0.3, -0.25) is 13.7 Å². The Balaban J connectivity index is 1.09. The smallest absolute Gasteiger partial charge is 0.166 e. The Morgan fingerprint density at radius 1 is 0.269 bits per heavy atom. The highest BCUT2D eigenvalue weighted by molar-refractivity contribution is 5.90. The SMILES string of the molecule is CC(C)c1cccc(-c2nc3ccccc3n2-c2ccccc2-c2nc(-c3ccccc3-n3c(-c4cccc(C(C)C)c4)nc4ccccc43)nc(-c3ccccc3-n3c(-c4cccc(C(C)C)c4)nc4ccccc43)n2)c1. The zero-order valence-electron chi connectivity index (χ0n) is 44.5. The maximum atomic E-state index is 5.60. The van der Waals surface area contributed by atoms with Gasteiger partial charge in [0.1, 0.15) is 17.5 Å².